The van der Waals surface area contributed by atoms with Crippen LogP contribution in [0, 0.1) is 0 Å². The van der Waals surface area contributed by atoms with Gasteiger partial charge in [-0.05, 0) is 12.8 Å². The highest BCUT2D eigenvalue weighted by Crippen LogP contribution is 2.30. The Balaban J connectivity index is 2.09. The summed E-state index contributed by atoms with van der Waals surface area (Å²) in [6.45, 7) is 2.69. The molecule has 2 rings (SSSR count). The first kappa shape index (κ1) is 16.0. The predicted octanol–water partition coefficient (Wildman–Crippen LogP) is 0.371. The Labute approximate surface area is 128 Å². The van der Waals surface area contributed by atoms with Gasteiger partial charge in [0.25, 0.3) is 5.91 Å². The normalized spacial score (nSPS) is 18.8. The van der Waals surface area contributed by atoms with E-state index in [0.29, 0.717) is 23.8 Å². The molecule has 1 aliphatic heterocycles. The number of nitrogens with two attached hydrogens (primary N) is 2. The van der Waals surface area contributed by atoms with Gasteiger partial charge in [0.1, 0.15) is 10.7 Å². The van der Waals surface area contributed by atoms with Crippen molar-refractivity contribution in [3.63, 3.8) is 0 Å². The summed E-state index contributed by atoms with van der Waals surface area (Å²) < 4.78 is 4.98. The molecule has 118 valence electrons. The van der Waals surface area contributed by atoms with E-state index >= 15 is 0 Å². The zero-order valence-corrected chi connectivity index (χ0v) is 13.4. The quantitative estimate of drug-likeness (QED) is 0.815. The van der Waals surface area contributed by atoms with Crippen LogP contribution >= 0.6 is 11.3 Å². The highest BCUT2D eigenvalue weighted by Gasteiger charge is 2.24. The van der Waals surface area contributed by atoms with Crippen LogP contribution in [0.25, 0.3) is 0 Å². The maximum Gasteiger partial charge on any atom is 0.267 e. The summed E-state index contributed by atoms with van der Waals surface area (Å²) in [7, 11) is 3.34. The van der Waals surface area contributed by atoms with Gasteiger partial charge in [0, 0.05) is 39.8 Å². The van der Waals surface area contributed by atoms with Gasteiger partial charge in [-0.3, -0.25) is 4.79 Å². The minimum Gasteiger partial charge on any atom is -0.383 e. The molecule has 0 spiro atoms. The maximum atomic E-state index is 12.3. The van der Waals surface area contributed by atoms with Crippen molar-refractivity contribution in [2.75, 3.05) is 51.0 Å². The molecule has 1 aromatic rings. The number of methoxy groups -OCH3 is 1. The van der Waals surface area contributed by atoms with Gasteiger partial charge in [-0.25, -0.2) is 4.98 Å². The Morgan fingerprint density at radius 2 is 2.38 bits per heavy atom. The summed E-state index contributed by atoms with van der Waals surface area (Å²) in [5, 5.41) is 0.783. The zero-order chi connectivity index (χ0) is 15.4. The first-order valence-electron chi connectivity index (χ1n) is 7.04. The molecule has 1 unspecified atom stereocenters. The number of piperidine rings is 1. The maximum absolute atomic E-state index is 12.3. The van der Waals surface area contributed by atoms with E-state index in [0.717, 1.165) is 31.1 Å². The number of hydrogen-bond acceptors (Lipinski definition) is 7. The Kier molecular flexibility index (Phi) is 5.38. The minimum atomic E-state index is -0.116. The molecule has 1 atom stereocenters. The number of anilines is 2. The van der Waals surface area contributed by atoms with Crippen molar-refractivity contribution in [3.05, 3.63) is 4.88 Å². The molecule has 0 aromatic carbocycles. The lowest BCUT2D eigenvalue weighted by molar-refractivity contribution is 0.0749. The van der Waals surface area contributed by atoms with Crippen LogP contribution < -0.4 is 16.4 Å². The molecule has 4 N–H and O–H groups in total. The van der Waals surface area contributed by atoms with Crippen LogP contribution in [0.2, 0.25) is 0 Å². The fourth-order valence-corrected chi connectivity index (χ4v) is 3.31. The van der Waals surface area contributed by atoms with E-state index in [4.69, 9.17) is 16.2 Å². The van der Waals surface area contributed by atoms with Gasteiger partial charge in [0.15, 0.2) is 5.13 Å². The number of aromatic nitrogens is 1. The summed E-state index contributed by atoms with van der Waals surface area (Å²) in [6.07, 6.45) is 2.07. The fraction of sp³-hybridized carbons (Fsp3) is 0.692. The van der Waals surface area contributed by atoms with Crippen molar-refractivity contribution < 1.29 is 9.53 Å². The van der Waals surface area contributed by atoms with Crippen LogP contribution in [0.1, 0.15) is 22.5 Å². The summed E-state index contributed by atoms with van der Waals surface area (Å²) in [6, 6.07) is 0.160. The molecular weight excluding hydrogens is 290 g/mol. The summed E-state index contributed by atoms with van der Waals surface area (Å²) in [4.78, 5) is 20.9. The molecule has 0 aliphatic carbocycles. The minimum absolute atomic E-state index is 0.116. The standard InChI is InChI=1S/C13H23N5O2S/c1-17(6-7-20-2)12(19)10-11(15)16-13(21-10)18-5-3-4-9(14)8-18/h9H,3-8,14-15H2,1-2H3. The molecule has 1 fully saturated rings. The van der Waals surface area contributed by atoms with Crippen LogP contribution in [0.4, 0.5) is 10.9 Å². The van der Waals surface area contributed by atoms with E-state index in [1.165, 1.54) is 11.3 Å². The molecule has 1 aliphatic rings. The molecule has 1 saturated heterocycles. The third-order valence-corrected chi connectivity index (χ3v) is 4.66. The summed E-state index contributed by atoms with van der Waals surface area (Å²) in [5.74, 6) is 0.179. The van der Waals surface area contributed by atoms with E-state index in [9.17, 15) is 4.79 Å². The molecule has 1 amide bonds. The average Bonchev–Trinajstić information content (AvgIpc) is 2.86. The van der Waals surface area contributed by atoms with Gasteiger partial charge in [-0.2, -0.15) is 0 Å². The molecule has 21 heavy (non-hydrogen) atoms. The number of ether oxygens (including phenoxy) is 1. The molecule has 7 nitrogen and oxygen atoms in total. The number of hydrogen-bond donors (Lipinski definition) is 2. The van der Waals surface area contributed by atoms with E-state index in [2.05, 4.69) is 9.88 Å². The fourth-order valence-electron chi connectivity index (χ4n) is 2.30. The van der Waals surface area contributed by atoms with Crippen molar-refractivity contribution >= 4 is 28.2 Å². The number of likely N-dealkylation sites (N-methyl/N-ethyl adjacent to an activating group) is 1. The van der Waals surface area contributed by atoms with Gasteiger partial charge >= 0.3 is 0 Å². The number of amides is 1. The van der Waals surface area contributed by atoms with E-state index in [1.54, 1.807) is 19.1 Å². The third kappa shape index (κ3) is 3.84. The number of rotatable bonds is 5. The highest BCUT2D eigenvalue weighted by atomic mass is 32.1. The first-order valence-corrected chi connectivity index (χ1v) is 7.85. The molecule has 0 radical (unpaired) electrons. The zero-order valence-electron chi connectivity index (χ0n) is 12.5. The monoisotopic (exact) mass is 313 g/mol. The smallest absolute Gasteiger partial charge is 0.267 e. The van der Waals surface area contributed by atoms with Gasteiger partial charge < -0.3 is 26.0 Å². The summed E-state index contributed by atoms with van der Waals surface area (Å²) >= 11 is 1.34. The summed E-state index contributed by atoms with van der Waals surface area (Å²) in [5.41, 5.74) is 11.9. The second-order valence-electron chi connectivity index (χ2n) is 5.28. The van der Waals surface area contributed by atoms with E-state index in [1.807, 2.05) is 0 Å². The SMILES string of the molecule is COCCN(C)C(=O)c1sc(N2CCCC(N)C2)nc1N. The van der Waals surface area contributed by atoms with E-state index < -0.39 is 0 Å². The molecule has 2 heterocycles. The van der Waals surface area contributed by atoms with Crippen molar-refractivity contribution in [1.29, 1.82) is 0 Å². The van der Waals surface area contributed by atoms with Crippen molar-refractivity contribution in [2.24, 2.45) is 5.73 Å². The molecule has 1 aromatic heterocycles. The topological polar surface area (TPSA) is 97.7 Å². The number of thiazole rings is 1. The Morgan fingerprint density at radius 1 is 1.62 bits per heavy atom. The number of carbonyl (C=O) groups excluding carboxylic acids is 1. The molecule has 0 bridgehead atoms. The molecular formula is C13H23N5O2S. The number of carbonyl (C=O) groups is 1. The van der Waals surface area contributed by atoms with Crippen LogP contribution in [-0.4, -0.2) is 62.2 Å². The Morgan fingerprint density at radius 3 is 3.05 bits per heavy atom. The van der Waals surface area contributed by atoms with Crippen molar-refractivity contribution in [1.82, 2.24) is 9.88 Å². The molecule has 8 heteroatoms. The van der Waals surface area contributed by atoms with Crippen LogP contribution in [0.15, 0.2) is 0 Å². The van der Waals surface area contributed by atoms with Crippen LogP contribution in [0.5, 0.6) is 0 Å². The van der Waals surface area contributed by atoms with Crippen molar-refractivity contribution in [3.8, 4) is 0 Å². The number of nitrogens with zero attached hydrogens (tertiary/aromatic N) is 3. The second-order valence-corrected chi connectivity index (χ2v) is 6.26. The van der Waals surface area contributed by atoms with Gasteiger partial charge in [-0.1, -0.05) is 11.3 Å². The Hall–Kier alpha value is -1.38. The second kappa shape index (κ2) is 7.06. The van der Waals surface area contributed by atoms with Gasteiger partial charge in [0.2, 0.25) is 0 Å². The van der Waals surface area contributed by atoms with Gasteiger partial charge in [-0.15, -0.1) is 0 Å². The van der Waals surface area contributed by atoms with E-state index in [-0.39, 0.29) is 11.9 Å². The highest BCUT2D eigenvalue weighted by molar-refractivity contribution is 7.18. The lowest BCUT2D eigenvalue weighted by Gasteiger charge is -2.30. The Bertz CT molecular complexity index is 493. The lowest BCUT2D eigenvalue weighted by Crippen LogP contribution is -2.42. The largest absolute Gasteiger partial charge is 0.383 e. The van der Waals surface area contributed by atoms with Crippen molar-refractivity contribution in [2.45, 2.75) is 18.9 Å². The third-order valence-electron chi connectivity index (χ3n) is 3.54. The first-order chi connectivity index (χ1) is 10.0. The lowest BCUT2D eigenvalue weighted by atomic mass is 10.1. The van der Waals surface area contributed by atoms with Crippen LogP contribution in [-0.2, 0) is 4.74 Å². The van der Waals surface area contributed by atoms with Gasteiger partial charge in [0.05, 0.1) is 6.61 Å². The molecule has 0 saturated carbocycles. The average molecular weight is 313 g/mol. The number of nitrogen functional groups attached to an aromatic ring is 1. The predicted molar refractivity (Wildman–Crippen MR) is 84.8 cm³/mol. The van der Waals surface area contributed by atoms with Crippen LogP contribution in [0.3, 0.4) is 0 Å².